The van der Waals surface area contributed by atoms with Crippen molar-refractivity contribution >= 4 is 45.1 Å². The number of hydrogen-bond donors (Lipinski definition) is 0. The van der Waals surface area contributed by atoms with E-state index < -0.39 is 27.7 Å². The van der Waals surface area contributed by atoms with Gasteiger partial charge in [-0.3, -0.25) is 14.5 Å². The lowest BCUT2D eigenvalue weighted by atomic mass is 9.86. The van der Waals surface area contributed by atoms with E-state index in [9.17, 15) is 23.3 Å². The first kappa shape index (κ1) is 30.3. The third kappa shape index (κ3) is 6.14. The van der Waals surface area contributed by atoms with E-state index in [0.29, 0.717) is 16.8 Å². The van der Waals surface area contributed by atoms with Crippen molar-refractivity contribution in [1.82, 2.24) is 14.7 Å². The van der Waals surface area contributed by atoms with Crippen LogP contribution in [0.3, 0.4) is 0 Å². The number of nitrogens with zero attached hydrogens (tertiary/aromatic N) is 4. The maximum absolute atomic E-state index is 14.3. The molecule has 0 spiro atoms. The molecule has 3 aromatic carbocycles. The van der Waals surface area contributed by atoms with Gasteiger partial charge in [0, 0.05) is 27.8 Å². The summed E-state index contributed by atoms with van der Waals surface area (Å²) in [5.74, 6) is -0.845. The van der Waals surface area contributed by atoms with Gasteiger partial charge in [-0.25, -0.2) is 13.1 Å². The molecule has 45 heavy (non-hydrogen) atoms. The molecule has 6 rings (SSSR count). The second kappa shape index (κ2) is 12.7. The molecule has 1 unspecified atom stereocenters. The van der Waals surface area contributed by atoms with Gasteiger partial charge in [-0.2, -0.15) is 10.4 Å². The van der Waals surface area contributed by atoms with Gasteiger partial charge in [-0.15, -0.1) is 11.8 Å². The molecule has 0 radical (unpaired) electrons. The maximum Gasteiger partial charge on any atom is 0.272 e. The minimum absolute atomic E-state index is 0.120. The highest BCUT2D eigenvalue weighted by atomic mass is 32.2. The van der Waals surface area contributed by atoms with Crippen LogP contribution in [0.25, 0.3) is 28.6 Å². The lowest BCUT2D eigenvalue weighted by Crippen LogP contribution is -2.49. The normalized spacial score (nSPS) is 18.9. The molecule has 1 saturated heterocycles. The maximum atomic E-state index is 14.3. The first-order chi connectivity index (χ1) is 21.8. The van der Waals surface area contributed by atoms with Crippen LogP contribution in [0.1, 0.15) is 30.9 Å². The number of thioether (sulfide) groups is 1. The van der Waals surface area contributed by atoms with E-state index in [1.54, 1.807) is 46.8 Å². The van der Waals surface area contributed by atoms with Crippen molar-refractivity contribution in [2.75, 3.05) is 17.3 Å². The second-order valence-electron chi connectivity index (χ2n) is 10.9. The molecule has 0 saturated carbocycles. The molecule has 10 heteroatoms. The minimum Gasteiger partial charge on any atom is -0.270 e. The lowest BCUT2D eigenvalue weighted by molar-refractivity contribution is -0.142. The first-order valence-electron chi connectivity index (χ1n) is 14.7. The Hall–Kier alpha value is -4.72. The van der Waals surface area contributed by atoms with Crippen molar-refractivity contribution < 1.29 is 18.0 Å². The summed E-state index contributed by atoms with van der Waals surface area (Å²) >= 11 is 1.77. The predicted octanol–water partition coefficient (Wildman–Crippen LogP) is 5.96. The number of carbonyl (C=O) groups excluding carboxylic acids is 2. The van der Waals surface area contributed by atoms with Crippen LogP contribution in [0.2, 0.25) is 0 Å². The summed E-state index contributed by atoms with van der Waals surface area (Å²) in [6.07, 6.45) is 4.69. The number of amides is 2. The molecule has 0 N–H and O–H groups in total. The smallest absolute Gasteiger partial charge is 0.270 e. The van der Waals surface area contributed by atoms with E-state index >= 15 is 0 Å². The zero-order valence-electron chi connectivity index (χ0n) is 24.6. The number of sulfone groups is 1. The zero-order chi connectivity index (χ0) is 31.6. The number of nitriles is 1. The third-order valence-electron chi connectivity index (χ3n) is 7.81. The SMILES string of the molecule is CCCSc1ccc(-c2nn(-c3ccccc3)cc2/C=C2\C(=O)N(C3CCS(=O)(=O)C3)C(=O)C(C#N)=C2c2ccccc2)cc1. The largest absolute Gasteiger partial charge is 0.272 e. The highest BCUT2D eigenvalue weighted by Crippen LogP contribution is 2.38. The average molecular weight is 635 g/mol. The molecule has 1 atom stereocenters. The van der Waals surface area contributed by atoms with Crippen LogP contribution in [-0.4, -0.2) is 58.2 Å². The number of imide groups is 1. The fraction of sp³-hybridized carbons (Fsp3) is 0.200. The number of para-hydroxylation sites is 1. The van der Waals surface area contributed by atoms with E-state index in [1.165, 1.54) is 0 Å². The molecule has 4 aromatic rings. The Kier molecular flexibility index (Phi) is 8.57. The average Bonchev–Trinajstić information content (AvgIpc) is 3.65. The highest BCUT2D eigenvalue weighted by Gasteiger charge is 2.45. The molecule has 0 aliphatic carbocycles. The fourth-order valence-corrected chi connectivity index (χ4v) is 8.13. The van der Waals surface area contributed by atoms with Crippen LogP contribution < -0.4 is 0 Å². The van der Waals surface area contributed by atoms with Crippen LogP contribution in [0.15, 0.2) is 107 Å². The lowest BCUT2D eigenvalue weighted by Gasteiger charge is -2.32. The molecular weight excluding hydrogens is 605 g/mol. The monoisotopic (exact) mass is 634 g/mol. The summed E-state index contributed by atoms with van der Waals surface area (Å²) in [5.41, 5.74) is 3.56. The predicted molar refractivity (Wildman–Crippen MR) is 176 cm³/mol. The zero-order valence-corrected chi connectivity index (χ0v) is 26.2. The van der Waals surface area contributed by atoms with Gasteiger partial charge in [0.2, 0.25) is 0 Å². The summed E-state index contributed by atoms with van der Waals surface area (Å²) in [6, 6.07) is 27.7. The van der Waals surface area contributed by atoms with Crippen LogP contribution in [0, 0.1) is 11.3 Å². The Morgan fingerprint density at radius 1 is 0.956 bits per heavy atom. The molecule has 3 heterocycles. The number of carbonyl (C=O) groups is 2. The molecule has 2 amide bonds. The van der Waals surface area contributed by atoms with Crippen molar-refractivity contribution in [3.05, 3.63) is 113 Å². The quantitative estimate of drug-likeness (QED) is 0.134. The summed E-state index contributed by atoms with van der Waals surface area (Å²) < 4.78 is 26.5. The van der Waals surface area contributed by atoms with E-state index in [2.05, 4.69) is 6.92 Å². The van der Waals surface area contributed by atoms with Crippen LogP contribution in [0.5, 0.6) is 0 Å². The van der Waals surface area contributed by atoms with Gasteiger partial charge in [-0.1, -0.05) is 67.6 Å². The fourth-order valence-electron chi connectivity index (χ4n) is 5.66. The Balaban J connectivity index is 1.55. The van der Waals surface area contributed by atoms with Crippen molar-refractivity contribution in [3.8, 4) is 23.0 Å². The standard InChI is InChI=1S/C35H30N4O4S2/c1-2-18-44-29-15-13-25(14-16-29)33-26(22-38(37-33)27-11-7-4-8-12-27)20-30-32(24-9-5-3-6-10-24)31(21-36)35(41)39(34(30)40)28-17-19-45(42,43)23-28/h3-16,20,22,28H,2,17-19,23H2,1H3/b30-20-. The van der Waals surface area contributed by atoms with Gasteiger partial charge in [0.05, 0.1) is 34.5 Å². The van der Waals surface area contributed by atoms with Gasteiger partial charge in [0.1, 0.15) is 11.6 Å². The summed E-state index contributed by atoms with van der Waals surface area (Å²) in [6.45, 7) is 2.14. The van der Waals surface area contributed by atoms with Crippen molar-refractivity contribution in [1.29, 1.82) is 5.26 Å². The topological polar surface area (TPSA) is 113 Å². The number of aromatic nitrogens is 2. The Bertz CT molecular complexity index is 1970. The first-order valence-corrected chi connectivity index (χ1v) is 17.5. The molecule has 226 valence electrons. The molecule has 1 fully saturated rings. The van der Waals surface area contributed by atoms with Gasteiger partial charge < -0.3 is 0 Å². The van der Waals surface area contributed by atoms with Crippen molar-refractivity contribution in [2.24, 2.45) is 0 Å². The van der Waals surface area contributed by atoms with E-state index in [0.717, 1.165) is 33.2 Å². The summed E-state index contributed by atoms with van der Waals surface area (Å²) in [4.78, 5) is 30.1. The number of hydrogen-bond acceptors (Lipinski definition) is 7. The Labute approximate surface area is 266 Å². The van der Waals surface area contributed by atoms with Gasteiger partial charge >= 0.3 is 0 Å². The number of benzene rings is 3. The molecule has 2 aliphatic heterocycles. The molecule has 2 aliphatic rings. The van der Waals surface area contributed by atoms with Gasteiger partial charge in [-0.05, 0) is 54.5 Å². The van der Waals surface area contributed by atoms with Crippen LogP contribution in [0.4, 0.5) is 0 Å². The molecule has 1 aromatic heterocycles. The Morgan fingerprint density at radius 2 is 1.64 bits per heavy atom. The van der Waals surface area contributed by atoms with Crippen molar-refractivity contribution in [3.63, 3.8) is 0 Å². The van der Waals surface area contributed by atoms with E-state index in [1.807, 2.05) is 72.9 Å². The summed E-state index contributed by atoms with van der Waals surface area (Å²) in [7, 11) is -3.42. The van der Waals surface area contributed by atoms with Gasteiger partial charge in [0.15, 0.2) is 9.84 Å². The van der Waals surface area contributed by atoms with Crippen molar-refractivity contribution in [2.45, 2.75) is 30.7 Å². The third-order valence-corrected chi connectivity index (χ3v) is 10.8. The second-order valence-corrected chi connectivity index (χ2v) is 14.3. The van der Waals surface area contributed by atoms with Crippen LogP contribution in [-0.2, 0) is 19.4 Å². The van der Waals surface area contributed by atoms with Gasteiger partial charge in [0.25, 0.3) is 11.8 Å². The molecule has 0 bridgehead atoms. The van der Waals surface area contributed by atoms with E-state index in [4.69, 9.17) is 5.10 Å². The minimum atomic E-state index is -3.42. The highest BCUT2D eigenvalue weighted by molar-refractivity contribution is 7.99. The molecular formula is C35H30N4O4S2. The van der Waals surface area contributed by atoms with E-state index in [-0.39, 0.29) is 34.6 Å². The number of rotatable bonds is 8. The Morgan fingerprint density at radius 3 is 2.27 bits per heavy atom. The molecule has 8 nitrogen and oxygen atoms in total. The van der Waals surface area contributed by atoms with Crippen LogP contribution >= 0.6 is 11.8 Å². The summed E-state index contributed by atoms with van der Waals surface area (Å²) in [5, 5.41) is 15.2.